The van der Waals surface area contributed by atoms with Crippen molar-refractivity contribution in [3.05, 3.63) is 65.2 Å². The van der Waals surface area contributed by atoms with Crippen LogP contribution in [0.25, 0.3) is 16.7 Å². The Bertz CT molecular complexity index is 647. The predicted octanol–water partition coefficient (Wildman–Crippen LogP) is 6.26. The van der Waals surface area contributed by atoms with Crippen LogP contribution in [-0.4, -0.2) is 0 Å². The van der Waals surface area contributed by atoms with Crippen LogP contribution in [0.1, 0.15) is 50.7 Å². The monoisotopic (exact) mass is 276 g/mol. The molecule has 0 N–H and O–H groups in total. The zero-order chi connectivity index (χ0) is 14.7. The van der Waals surface area contributed by atoms with E-state index in [1.807, 2.05) is 0 Å². The Labute approximate surface area is 128 Å². The lowest BCUT2D eigenvalue weighted by Crippen LogP contribution is -1.90. The van der Waals surface area contributed by atoms with Crippen molar-refractivity contribution >= 4 is 5.57 Å². The number of benzene rings is 2. The predicted molar refractivity (Wildman–Crippen MR) is 92.3 cm³/mol. The highest BCUT2D eigenvalue weighted by Gasteiger charge is 2.23. The summed E-state index contributed by atoms with van der Waals surface area (Å²) in [7, 11) is 0. The molecule has 0 aliphatic heterocycles. The molecule has 2 aromatic rings. The fourth-order valence-corrected chi connectivity index (χ4v) is 3.57. The fraction of sp³-hybridized carbons (Fsp3) is 0.333. The van der Waals surface area contributed by atoms with E-state index in [-0.39, 0.29) is 0 Å². The third-order valence-corrected chi connectivity index (χ3v) is 4.42. The lowest BCUT2D eigenvalue weighted by molar-refractivity contribution is 0.871. The van der Waals surface area contributed by atoms with Gasteiger partial charge in [-0.2, -0.15) is 0 Å². The normalized spacial score (nSPS) is 13.6. The van der Waals surface area contributed by atoms with Gasteiger partial charge in [-0.25, -0.2) is 0 Å². The van der Waals surface area contributed by atoms with Crippen molar-refractivity contribution in [2.24, 2.45) is 0 Å². The van der Waals surface area contributed by atoms with Gasteiger partial charge in [-0.1, -0.05) is 80.8 Å². The van der Waals surface area contributed by atoms with Gasteiger partial charge in [0.15, 0.2) is 0 Å². The first-order valence-electron chi connectivity index (χ1n) is 8.23. The van der Waals surface area contributed by atoms with Crippen LogP contribution in [0.15, 0.2) is 54.1 Å². The summed E-state index contributed by atoms with van der Waals surface area (Å²) in [5.41, 5.74) is 9.15. The molecule has 0 atom stereocenters. The van der Waals surface area contributed by atoms with E-state index in [0.717, 1.165) is 0 Å². The third-order valence-electron chi connectivity index (χ3n) is 4.42. The van der Waals surface area contributed by atoms with E-state index in [1.54, 1.807) is 11.1 Å². The van der Waals surface area contributed by atoms with Gasteiger partial charge in [-0.05, 0) is 47.1 Å². The first kappa shape index (κ1) is 14.1. The van der Waals surface area contributed by atoms with Crippen LogP contribution < -0.4 is 0 Å². The summed E-state index contributed by atoms with van der Waals surface area (Å²) in [6.45, 7) is 4.58. The smallest absolute Gasteiger partial charge is 0.00548 e. The summed E-state index contributed by atoms with van der Waals surface area (Å²) in [4.78, 5) is 0. The van der Waals surface area contributed by atoms with E-state index in [1.165, 1.54) is 54.4 Å². The van der Waals surface area contributed by atoms with E-state index in [0.29, 0.717) is 0 Å². The van der Waals surface area contributed by atoms with Gasteiger partial charge in [0.25, 0.3) is 0 Å². The van der Waals surface area contributed by atoms with Gasteiger partial charge >= 0.3 is 0 Å². The summed E-state index contributed by atoms with van der Waals surface area (Å²) < 4.78 is 0. The number of hydrogen-bond acceptors (Lipinski definition) is 0. The Morgan fingerprint density at radius 2 is 1.57 bits per heavy atom. The molecule has 1 aliphatic carbocycles. The molecule has 3 rings (SSSR count). The van der Waals surface area contributed by atoms with Crippen LogP contribution in [-0.2, 0) is 6.42 Å². The molecule has 108 valence electrons. The molecule has 0 heteroatoms. The van der Waals surface area contributed by atoms with Crippen LogP contribution in [0.3, 0.4) is 0 Å². The maximum absolute atomic E-state index is 2.32. The van der Waals surface area contributed by atoms with Crippen molar-refractivity contribution in [1.82, 2.24) is 0 Å². The van der Waals surface area contributed by atoms with E-state index >= 15 is 0 Å². The molecular weight excluding hydrogens is 252 g/mol. The largest absolute Gasteiger partial charge is 0.0651 e. The van der Waals surface area contributed by atoms with Crippen molar-refractivity contribution in [2.45, 2.75) is 46.0 Å². The van der Waals surface area contributed by atoms with E-state index in [4.69, 9.17) is 0 Å². The summed E-state index contributed by atoms with van der Waals surface area (Å²) in [5, 5.41) is 0. The Morgan fingerprint density at radius 3 is 2.29 bits per heavy atom. The van der Waals surface area contributed by atoms with Crippen molar-refractivity contribution in [3.8, 4) is 11.1 Å². The van der Waals surface area contributed by atoms with Crippen molar-refractivity contribution in [1.29, 1.82) is 0 Å². The van der Waals surface area contributed by atoms with Gasteiger partial charge in [-0.3, -0.25) is 0 Å². The number of hydrogen-bond donors (Lipinski definition) is 0. The Kier molecular flexibility index (Phi) is 4.24. The molecule has 0 nitrogen and oxygen atoms in total. The molecule has 0 radical (unpaired) electrons. The SMILES string of the molecule is CCCC1=C(CCC)c2c(cccc2-c2ccccc2)C1. The molecule has 21 heavy (non-hydrogen) atoms. The minimum absolute atomic E-state index is 1.17. The van der Waals surface area contributed by atoms with E-state index in [2.05, 4.69) is 62.4 Å². The highest BCUT2D eigenvalue weighted by atomic mass is 14.3. The molecule has 0 bridgehead atoms. The van der Waals surface area contributed by atoms with Crippen LogP contribution in [0.4, 0.5) is 0 Å². The maximum atomic E-state index is 2.32. The second-order valence-electron chi connectivity index (χ2n) is 5.96. The molecule has 0 saturated heterocycles. The quantitative estimate of drug-likeness (QED) is 0.604. The average Bonchev–Trinajstić information content (AvgIpc) is 2.87. The first-order chi connectivity index (χ1) is 10.3. The standard InChI is InChI=1S/C21H24/c1-3-9-17-15-18-13-8-14-20(16-11-6-5-7-12-16)21(18)19(17)10-4-2/h5-8,11-14H,3-4,9-10,15H2,1-2H3. The Hall–Kier alpha value is -1.82. The van der Waals surface area contributed by atoms with Crippen molar-refractivity contribution < 1.29 is 0 Å². The molecule has 0 fully saturated rings. The third kappa shape index (κ3) is 2.68. The molecule has 0 spiro atoms. The summed E-state index contributed by atoms with van der Waals surface area (Å²) in [6, 6.07) is 17.7. The summed E-state index contributed by atoms with van der Waals surface area (Å²) >= 11 is 0. The highest BCUT2D eigenvalue weighted by molar-refractivity contribution is 5.87. The molecule has 0 amide bonds. The number of rotatable bonds is 5. The number of allylic oxidation sites excluding steroid dienone is 2. The molecule has 0 unspecified atom stereocenters. The van der Waals surface area contributed by atoms with Crippen LogP contribution in [0.5, 0.6) is 0 Å². The van der Waals surface area contributed by atoms with Crippen LogP contribution in [0, 0.1) is 0 Å². The lowest BCUT2D eigenvalue weighted by Gasteiger charge is -2.13. The van der Waals surface area contributed by atoms with Gasteiger partial charge in [-0.15, -0.1) is 0 Å². The van der Waals surface area contributed by atoms with Gasteiger partial charge in [0.2, 0.25) is 0 Å². The maximum Gasteiger partial charge on any atom is -0.00548 e. The molecule has 2 aromatic carbocycles. The van der Waals surface area contributed by atoms with Crippen LogP contribution >= 0.6 is 0 Å². The first-order valence-corrected chi connectivity index (χ1v) is 8.23. The average molecular weight is 276 g/mol. The van der Waals surface area contributed by atoms with Crippen LogP contribution in [0.2, 0.25) is 0 Å². The Morgan fingerprint density at radius 1 is 0.810 bits per heavy atom. The molecule has 0 heterocycles. The lowest BCUT2D eigenvalue weighted by atomic mass is 9.91. The Balaban J connectivity index is 2.14. The summed E-state index contributed by atoms with van der Waals surface area (Å²) in [5.74, 6) is 0. The zero-order valence-electron chi connectivity index (χ0n) is 13.2. The molecule has 1 aliphatic rings. The van der Waals surface area contributed by atoms with Crippen molar-refractivity contribution in [3.63, 3.8) is 0 Å². The molecular formula is C21H24. The minimum atomic E-state index is 1.17. The van der Waals surface area contributed by atoms with Crippen molar-refractivity contribution in [2.75, 3.05) is 0 Å². The van der Waals surface area contributed by atoms with Gasteiger partial charge in [0.05, 0.1) is 0 Å². The fourth-order valence-electron chi connectivity index (χ4n) is 3.57. The second kappa shape index (κ2) is 6.30. The highest BCUT2D eigenvalue weighted by Crippen LogP contribution is 2.42. The number of fused-ring (bicyclic) bond motifs is 1. The van der Waals surface area contributed by atoms with Gasteiger partial charge in [0, 0.05) is 0 Å². The molecule has 0 saturated carbocycles. The topological polar surface area (TPSA) is 0 Å². The minimum Gasteiger partial charge on any atom is -0.0651 e. The summed E-state index contributed by atoms with van der Waals surface area (Å²) in [6.07, 6.45) is 6.10. The van der Waals surface area contributed by atoms with E-state index in [9.17, 15) is 0 Å². The van der Waals surface area contributed by atoms with E-state index < -0.39 is 0 Å². The second-order valence-corrected chi connectivity index (χ2v) is 5.96. The van der Waals surface area contributed by atoms with Gasteiger partial charge < -0.3 is 0 Å². The molecule has 0 aromatic heterocycles. The zero-order valence-corrected chi connectivity index (χ0v) is 13.2. The van der Waals surface area contributed by atoms with Gasteiger partial charge in [0.1, 0.15) is 0 Å².